The number of aryl methyl sites for hydroxylation is 1. The summed E-state index contributed by atoms with van der Waals surface area (Å²) in [5, 5.41) is 11.8. The van der Waals surface area contributed by atoms with Crippen molar-refractivity contribution in [1.82, 2.24) is 9.97 Å². The molecule has 2 rings (SSSR count). The summed E-state index contributed by atoms with van der Waals surface area (Å²) in [5.74, 6) is 1.36. The van der Waals surface area contributed by atoms with E-state index in [2.05, 4.69) is 33.9 Å². The van der Waals surface area contributed by atoms with Gasteiger partial charge in [-0.15, -0.1) is 0 Å². The fraction of sp³-hybridized carbons (Fsp3) is 0.643. The second kappa shape index (κ2) is 6.07. The monoisotopic (exact) mass is 277 g/mol. The average molecular weight is 277 g/mol. The van der Waals surface area contributed by atoms with Gasteiger partial charge in [0.15, 0.2) is 5.84 Å². The van der Waals surface area contributed by atoms with Gasteiger partial charge in [0.25, 0.3) is 0 Å². The predicted octanol–water partition coefficient (Wildman–Crippen LogP) is 1.89. The van der Waals surface area contributed by atoms with Gasteiger partial charge in [0.2, 0.25) is 5.95 Å². The molecule has 0 aliphatic heterocycles. The van der Waals surface area contributed by atoms with Crippen LogP contribution in [0, 0.1) is 12.8 Å². The lowest BCUT2D eigenvalue weighted by Crippen LogP contribution is -2.30. The van der Waals surface area contributed by atoms with Crippen LogP contribution >= 0.6 is 0 Å². The molecule has 1 heterocycles. The summed E-state index contributed by atoms with van der Waals surface area (Å²) in [6.07, 6.45) is 3.48. The van der Waals surface area contributed by atoms with Crippen molar-refractivity contribution in [2.45, 2.75) is 46.1 Å². The minimum Gasteiger partial charge on any atom is -0.409 e. The summed E-state index contributed by atoms with van der Waals surface area (Å²) >= 11 is 0. The molecule has 0 spiro atoms. The Labute approximate surface area is 119 Å². The highest BCUT2D eigenvalue weighted by molar-refractivity contribution is 5.95. The van der Waals surface area contributed by atoms with Crippen LogP contribution in [0.25, 0.3) is 0 Å². The Bertz CT molecular complexity index is 496. The topological polar surface area (TPSA) is 87.6 Å². The van der Waals surface area contributed by atoms with E-state index >= 15 is 0 Å². The molecule has 1 fully saturated rings. The number of aromatic nitrogens is 2. The fourth-order valence-corrected chi connectivity index (χ4v) is 2.09. The number of amidine groups is 1. The van der Waals surface area contributed by atoms with E-state index in [9.17, 15) is 0 Å². The van der Waals surface area contributed by atoms with Crippen molar-refractivity contribution >= 4 is 11.8 Å². The third kappa shape index (κ3) is 3.59. The van der Waals surface area contributed by atoms with E-state index in [1.807, 2.05) is 6.92 Å². The van der Waals surface area contributed by atoms with E-state index in [0.29, 0.717) is 23.6 Å². The Morgan fingerprint density at radius 2 is 2.20 bits per heavy atom. The van der Waals surface area contributed by atoms with Gasteiger partial charge in [0.05, 0.1) is 0 Å². The first-order valence-electron chi connectivity index (χ1n) is 7.11. The van der Waals surface area contributed by atoms with Crippen LogP contribution in [0.4, 0.5) is 5.95 Å². The maximum Gasteiger partial charge on any atom is 0.226 e. The van der Waals surface area contributed by atoms with Crippen LogP contribution in [0.15, 0.2) is 11.2 Å². The fourth-order valence-electron chi connectivity index (χ4n) is 2.09. The zero-order valence-corrected chi connectivity index (χ0v) is 12.4. The van der Waals surface area contributed by atoms with Crippen LogP contribution in [-0.4, -0.2) is 33.6 Å². The summed E-state index contributed by atoms with van der Waals surface area (Å²) in [6, 6.07) is 2.27. The van der Waals surface area contributed by atoms with Crippen LogP contribution in [0.1, 0.15) is 44.5 Å². The SMILES string of the molecule is Cc1cc(/C(N)=N/O)nc(N(CCC(C)C)C2CC2)n1. The number of oxime groups is 1. The first-order chi connectivity index (χ1) is 9.51. The number of nitrogens with zero attached hydrogens (tertiary/aromatic N) is 4. The lowest BCUT2D eigenvalue weighted by molar-refractivity contribution is 0.318. The molecule has 0 saturated heterocycles. The molecule has 0 unspecified atom stereocenters. The third-order valence-electron chi connectivity index (χ3n) is 3.40. The molecule has 3 N–H and O–H groups in total. The van der Waals surface area contributed by atoms with E-state index in [0.717, 1.165) is 18.7 Å². The summed E-state index contributed by atoms with van der Waals surface area (Å²) in [6.45, 7) is 7.27. The van der Waals surface area contributed by atoms with Crippen molar-refractivity contribution in [3.8, 4) is 0 Å². The molecule has 1 aromatic heterocycles. The van der Waals surface area contributed by atoms with E-state index in [4.69, 9.17) is 10.9 Å². The smallest absolute Gasteiger partial charge is 0.226 e. The molecule has 0 bridgehead atoms. The maximum atomic E-state index is 8.80. The van der Waals surface area contributed by atoms with Gasteiger partial charge in [-0.25, -0.2) is 9.97 Å². The van der Waals surface area contributed by atoms with Crippen molar-refractivity contribution in [3.05, 3.63) is 17.5 Å². The molecule has 1 saturated carbocycles. The molecule has 0 radical (unpaired) electrons. The summed E-state index contributed by atoms with van der Waals surface area (Å²) in [4.78, 5) is 11.2. The lowest BCUT2D eigenvalue weighted by Gasteiger charge is -2.24. The van der Waals surface area contributed by atoms with Gasteiger partial charge in [0.1, 0.15) is 5.69 Å². The van der Waals surface area contributed by atoms with Crippen molar-refractivity contribution in [3.63, 3.8) is 0 Å². The van der Waals surface area contributed by atoms with Crippen LogP contribution < -0.4 is 10.6 Å². The molecule has 0 amide bonds. The van der Waals surface area contributed by atoms with Crippen LogP contribution in [0.2, 0.25) is 0 Å². The number of rotatable bonds is 6. The van der Waals surface area contributed by atoms with Gasteiger partial charge in [-0.2, -0.15) is 0 Å². The molecule has 0 aromatic carbocycles. The molecule has 20 heavy (non-hydrogen) atoms. The van der Waals surface area contributed by atoms with Crippen LogP contribution in [0.5, 0.6) is 0 Å². The highest BCUT2D eigenvalue weighted by atomic mass is 16.4. The lowest BCUT2D eigenvalue weighted by atomic mass is 10.1. The number of anilines is 1. The third-order valence-corrected chi connectivity index (χ3v) is 3.40. The van der Waals surface area contributed by atoms with Crippen molar-refractivity contribution in [2.24, 2.45) is 16.8 Å². The Balaban J connectivity index is 2.26. The average Bonchev–Trinajstić information content (AvgIpc) is 3.21. The van der Waals surface area contributed by atoms with Crippen LogP contribution in [0.3, 0.4) is 0 Å². The second-order valence-corrected chi connectivity index (χ2v) is 5.79. The summed E-state index contributed by atoms with van der Waals surface area (Å²) < 4.78 is 0. The second-order valence-electron chi connectivity index (χ2n) is 5.79. The van der Waals surface area contributed by atoms with Crippen molar-refractivity contribution in [2.75, 3.05) is 11.4 Å². The van der Waals surface area contributed by atoms with E-state index in [-0.39, 0.29) is 5.84 Å². The van der Waals surface area contributed by atoms with E-state index in [1.165, 1.54) is 12.8 Å². The largest absolute Gasteiger partial charge is 0.409 e. The zero-order valence-electron chi connectivity index (χ0n) is 12.4. The number of nitrogens with two attached hydrogens (primary N) is 1. The van der Waals surface area contributed by atoms with Crippen molar-refractivity contribution in [1.29, 1.82) is 0 Å². The first-order valence-corrected chi connectivity index (χ1v) is 7.11. The Hall–Kier alpha value is -1.85. The first kappa shape index (κ1) is 14.6. The molecule has 1 aliphatic rings. The number of hydrogen-bond donors (Lipinski definition) is 2. The molecule has 110 valence electrons. The molecule has 1 aromatic rings. The van der Waals surface area contributed by atoms with E-state index in [1.54, 1.807) is 6.07 Å². The van der Waals surface area contributed by atoms with Gasteiger partial charge in [-0.3, -0.25) is 0 Å². The quantitative estimate of drug-likeness (QED) is 0.359. The molecule has 1 aliphatic carbocycles. The summed E-state index contributed by atoms with van der Waals surface area (Å²) in [7, 11) is 0. The predicted molar refractivity (Wildman–Crippen MR) is 79.1 cm³/mol. The number of hydrogen-bond acceptors (Lipinski definition) is 5. The molecule has 6 heteroatoms. The highest BCUT2D eigenvalue weighted by Gasteiger charge is 2.31. The Morgan fingerprint density at radius 3 is 2.75 bits per heavy atom. The van der Waals surface area contributed by atoms with Gasteiger partial charge >= 0.3 is 0 Å². The maximum absolute atomic E-state index is 8.80. The summed E-state index contributed by atoms with van der Waals surface area (Å²) in [5.41, 5.74) is 6.94. The Morgan fingerprint density at radius 1 is 1.50 bits per heavy atom. The normalized spacial score (nSPS) is 15.7. The van der Waals surface area contributed by atoms with Crippen LogP contribution in [-0.2, 0) is 0 Å². The minimum atomic E-state index is 0.0244. The zero-order chi connectivity index (χ0) is 14.7. The highest BCUT2D eigenvalue weighted by Crippen LogP contribution is 2.30. The molecule has 0 atom stereocenters. The van der Waals surface area contributed by atoms with Gasteiger partial charge in [-0.1, -0.05) is 19.0 Å². The molecular weight excluding hydrogens is 254 g/mol. The Kier molecular flexibility index (Phi) is 4.42. The van der Waals surface area contributed by atoms with Gasteiger partial charge in [0, 0.05) is 18.3 Å². The van der Waals surface area contributed by atoms with Crippen molar-refractivity contribution < 1.29 is 5.21 Å². The van der Waals surface area contributed by atoms with E-state index < -0.39 is 0 Å². The van der Waals surface area contributed by atoms with Gasteiger partial charge < -0.3 is 15.8 Å². The molecular formula is C14H23N5O. The standard InChI is InChI=1S/C14H23N5O/c1-9(2)6-7-19(11-4-5-11)14-16-10(3)8-12(17-14)13(15)18-20/h8-9,11,20H,4-7H2,1-3H3,(H2,15,18). The molecule has 6 nitrogen and oxygen atoms in total. The van der Waals surface area contributed by atoms with Gasteiger partial charge in [-0.05, 0) is 38.2 Å². The minimum absolute atomic E-state index is 0.0244.